The van der Waals surface area contributed by atoms with Crippen molar-refractivity contribution in [1.29, 1.82) is 0 Å². The van der Waals surface area contributed by atoms with Crippen LogP contribution in [0.15, 0.2) is 0 Å². The Hall–Kier alpha value is -1.06. The summed E-state index contributed by atoms with van der Waals surface area (Å²) >= 11 is 0. The van der Waals surface area contributed by atoms with E-state index in [1.165, 1.54) is 0 Å². The number of carbonyl (C=O) groups is 2. The number of rotatable bonds is 3. The predicted octanol–water partition coefficient (Wildman–Crippen LogP) is 0.560. The maximum Gasteiger partial charge on any atom is 0.307 e. The van der Waals surface area contributed by atoms with Gasteiger partial charge in [0.1, 0.15) is 0 Å². The van der Waals surface area contributed by atoms with Crippen molar-refractivity contribution in [2.45, 2.75) is 32.2 Å². The van der Waals surface area contributed by atoms with Crippen LogP contribution in [0.5, 0.6) is 0 Å². The quantitative estimate of drug-likeness (QED) is 0.603. The molecule has 0 unspecified atom stereocenters. The molecule has 0 radical (unpaired) electrons. The fourth-order valence-corrected chi connectivity index (χ4v) is 1.52. The molecule has 1 atom stereocenters. The minimum atomic E-state index is -0.214. The van der Waals surface area contributed by atoms with E-state index >= 15 is 0 Å². The standard InChI is InChI=1S/C9H15NO3/c1-3-13-9(12)6-7-4-5-8(11)10(7)2/h7H,3-6H2,1-2H3/t7-/m1/s1. The molecule has 0 aromatic carbocycles. The third-order valence-electron chi connectivity index (χ3n) is 2.34. The second-order valence-corrected chi connectivity index (χ2v) is 3.21. The van der Waals surface area contributed by atoms with Crippen molar-refractivity contribution in [1.82, 2.24) is 4.90 Å². The van der Waals surface area contributed by atoms with E-state index in [9.17, 15) is 9.59 Å². The third kappa shape index (κ3) is 2.44. The van der Waals surface area contributed by atoms with Crippen molar-refractivity contribution >= 4 is 11.9 Å². The van der Waals surface area contributed by atoms with E-state index in [1.54, 1.807) is 18.9 Å². The molecule has 74 valence electrons. The molecule has 1 amide bonds. The molecule has 0 aromatic heterocycles. The Balaban J connectivity index is 2.37. The van der Waals surface area contributed by atoms with Gasteiger partial charge in [-0.2, -0.15) is 0 Å². The van der Waals surface area contributed by atoms with E-state index in [-0.39, 0.29) is 17.9 Å². The van der Waals surface area contributed by atoms with Gasteiger partial charge in [0.15, 0.2) is 0 Å². The predicted molar refractivity (Wildman–Crippen MR) is 47.0 cm³/mol. The zero-order chi connectivity index (χ0) is 9.84. The van der Waals surface area contributed by atoms with Crippen LogP contribution < -0.4 is 0 Å². The SMILES string of the molecule is CCOC(=O)C[C@H]1CCC(=O)N1C. The minimum Gasteiger partial charge on any atom is -0.466 e. The van der Waals surface area contributed by atoms with Gasteiger partial charge in [-0.1, -0.05) is 0 Å². The molecule has 1 heterocycles. The van der Waals surface area contributed by atoms with Crippen LogP contribution in [0.3, 0.4) is 0 Å². The van der Waals surface area contributed by atoms with Crippen LogP contribution in [0.1, 0.15) is 26.2 Å². The van der Waals surface area contributed by atoms with Gasteiger partial charge in [-0.15, -0.1) is 0 Å². The first-order valence-electron chi connectivity index (χ1n) is 4.56. The molecule has 0 saturated carbocycles. The van der Waals surface area contributed by atoms with Gasteiger partial charge in [0.25, 0.3) is 0 Å². The molecule has 0 aliphatic carbocycles. The van der Waals surface area contributed by atoms with Crippen LogP contribution in [0.2, 0.25) is 0 Å². The van der Waals surface area contributed by atoms with Crippen molar-refractivity contribution in [3.63, 3.8) is 0 Å². The van der Waals surface area contributed by atoms with Crippen LogP contribution in [-0.4, -0.2) is 36.5 Å². The molecule has 0 bridgehead atoms. The zero-order valence-electron chi connectivity index (χ0n) is 8.08. The summed E-state index contributed by atoms with van der Waals surface area (Å²) < 4.78 is 4.81. The fourth-order valence-electron chi connectivity index (χ4n) is 1.52. The number of carbonyl (C=O) groups excluding carboxylic acids is 2. The molecule has 0 spiro atoms. The smallest absolute Gasteiger partial charge is 0.307 e. The second-order valence-electron chi connectivity index (χ2n) is 3.21. The Morgan fingerprint density at radius 2 is 2.38 bits per heavy atom. The van der Waals surface area contributed by atoms with E-state index in [0.717, 1.165) is 6.42 Å². The zero-order valence-corrected chi connectivity index (χ0v) is 8.08. The summed E-state index contributed by atoms with van der Waals surface area (Å²) in [6.45, 7) is 2.19. The van der Waals surface area contributed by atoms with E-state index in [0.29, 0.717) is 19.4 Å². The molecule has 4 heteroatoms. The highest BCUT2D eigenvalue weighted by molar-refractivity contribution is 5.80. The maximum absolute atomic E-state index is 11.1. The number of ether oxygens (including phenoxy) is 1. The van der Waals surface area contributed by atoms with Gasteiger partial charge in [0.2, 0.25) is 5.91 Å². The largest absolute Gasteiger partial charge is 0.466 e. The molecule has 1 fully saturated rings. The Kier molecular flexibility index (Phi) is 3.28. The van der Waals surface area contributed by atoms with Crippen LogP contribution in [0.4, 0.5) is 0 Å². The van der Waals surface area contributed by atoms with Gasteiger partial charge in [0, 0.05) is 19.5 Å². The lowest BCUT2D eigenvalue weighted by molar-refractivity contribution is -0.144. The molecule has 13 heavy (non-hydrogen) atoms. The Labute approximate surface area is 77.8 Å². The third-order valence-corrected chi connectivity index (χ3v) is 2.34. The normalized spacial score (nSPS) is 22.2. The molecular weight excluding hydrogens is 170 g/mol. The van der Waals surface area contributed by atoms with Crippen molar-refractivity contribution in [2.24, 2.45) is 0 Å². The molecule has 0 N–H and O–H groups in total. The highest BCUT2D eigenvalue weighted by atomic mass is 16.5. The highest BCUT2D eigenvalue weighted by Gasteiger charge is 2.29. The van der Waals surface area contributed by atoms with E-state index < -0.39 is 0 Å². The van der Waals surface area contributed by atoms with E-state index in [1.807, 2.05) is 0 Å². The number of nitrogens with zero attached hydrogens (tertiary/aromatic N) is 1. The van der Waals surface area contributed by atoms with Gasteiger partial charge in [-0.05, 0) is 13.3 Å². The molecule has 1 aliphatic heterocycles. The van der Waals surface area contributed by atoms with Crippen molar-refractivity contribution in [2.75, 3.05) is 13.7 Å². The summed E-state index contributed by atoms with van der Waals surface area (Å²) in [5.41, 5.74) is 0. The first kappa shape index (κ1) is 10.0. The van der Waals surface area contributed by atoms with Crippen LogP contribution in [0, 0.1) is 0 Å². The Morgan fingerprint density at radius 1 is 1.69 bits per heavy atom. The fraction of sp³-hybridized carbons (Fsp3) is 0.778. The number of hydrogen-bond donors (Lipinski definition) is 0. The van der Waals surface area contributed by atoms with E-state index in [2.05, 4.69) is 0 Å². The second kappa shape index (κ2) is 4.25. The minimum absolute atomic E-state index is 0.0477. The van der Waals surface area contributed by atoms with Crippen LogP contribution >= 0.6 is 0 Å². The molecule has 1 rings (SSSR count). The molecule has 1 saturated heterocycles. The molecule has 1 aliphatic rings. The molecule has 0 aromatic rings. The Morgan fingerprint density at radius 3 is 2.85 bits per heavy atom. The van der Waals surface area contributed by atoms with E-state index in [4.69, 9.17) is 4.74 Å². The average molecular weight is 185 g/mol. The molecular formula is C9H15NO3. The van der Waals surface area contributed by atoms with Crippen molar-refractivity contribution in [3.05, 3.63) is 0 Å². The van der Waals surface area contributed by atoms with Gasteiger partial charge in [-0.25, -0.2) is 0 Å². The van der Waals surface area contributed by atoms with Gasteiger partial charge in [0.05, 0.1) is 13.0 Å². The summed E-state index contributed by atoms with van der Waals surface area (Å²) in [4.78, 5) is 23.8. The number of amides is 1. The van der Waals surface area contributed by atoms with Gasteiger partial charge < -0.3 is 9.64 Å². The maximum atomic E-state index is 11.1. The van der Waals surface area contributed by atoms with Gasteiger partial charge >= 0.3 is 5.97 Å². The van der Waals surface area contributed by atoms with Crippen molar-refractivity contribution in [3.8, 4) is 0 Å². The molecule has 4 nitrogen and oxygen atoms in total. The lowest BCUT2D eigenvalue weighted by atomic mass is 10.1. The topological polar surface area (TPSA) is 46.6 Å². The summed E-state index contributed by atoms with van der Waals surface area (Å²) in [5.74, 6) is -0.0941. The highest BCUT2D eigenvalue weighted by Crippen LogP contribution is 2.19. The van der Waals surface area contributed by atoms with Crippen LogP contribution in [-0.2, 0) is 14.3 Å². The summed E-state index contributed by atoms with van der Waals surface area (Å²) in [5, 5.41) is 0. The lowest BCUT2D eigenvalue weighted by Gasteiger charge is -2.18. The number of hydrogen-bond acceptors (Lipinski definition) is 3. The average Bonchev–Trinajstić information content (AvgIpc) is 2.37. The summed E-state index contributed by atoms with van der Waals surface area (Å²) in [6, 6.07) is 0.0477. The first-order chi connectivity index (χ1) is 6.15. The lowest BCUT2D eigenvalue weighted by Crippen LogP contribution is -2.31. The summed E-state index contributed by atoms with van der Waals surface area (Å²) in [6.07, 6.45) is 1.66. The Bertz CT molecular complexity index is 215. The number of esters is 1. The summed E-state index contributed by atoms with van der Waals surface area (Å²) in [7, 11) is 1.74. The first-order valence-corrected chi connectivity index (χ1v) is 4.56. The van der Waals surface area contributed by atoms with Crippen LogP contribution in [0.25, 0.3) is 0 Å². The number of likely N-dealkylation sites (tertiary alicyclic amines) is 1. The van der Waals surface area contributed by atoms with Gasteiger partial charge in [-0.3, -0.25) is 9.59 Å². The van der Waals surface area contributed by atoms with Crippen molar-refractivity contribution < 1.29 is 14.3 Å². The monoisotopic (exact) mass is 185 g/mol.